The van der Waals surface area contributed by atoms with E-state index in [1.165, 1.54) is 6.20 Å². The van der Waals surface area contributed by atoms with Gasteiger partial charge in [0.15, 0.2) is 0 Å². The lowest BCUT2D eigenvalue weighted by Crippen LogP contribution is -2.41. The second kappa shape index (κ2) is 6.64. The highest BCUT2D eigenvalue weighted by Gasteiger charge is 2.30. The van der Waals surface area contributed by atoms with E-state index in [2.05, 4.69) is 15.2 Å². The van der Waals surface area contributed by atoms with Crippen molar-refractivity contribution in [1.29, 1.82) is 0 Å². The molecule has 25 heavy (non-hydrogen) atoms. The Kier molecular flexibility index (Phi) is 4.19. The fraction of sp³-hybridized carbons (Fsp3) is 0.294. The number of aromatic nitrogens is 3. The van der Waals surface area contributed by atoms with Crippen molar-refractivity contribution < 1.29 is 9.21 Å². The SMILES string of the molecule is O=C(c1ccc[nH]c1=O)N1CCCC(c2nnc(-c3cccs3)o2)C1. The van der Waals surface area contributed by atoms with Crippen LogP contribution in [0.5, 0.6) is 0 Å². The number of thiophene rings is 1. The molecule has 0 bridgehead atoms. The van der Waals surface area contributed by atoms with Crippen LogP contribution in [0.2, 0.25) is 0 Å². The van der Waals surface area contributed by atoms with E-state index in [1.54, 1.807) is 28.4 Å². The number of hydrogen-bond acceptors (Lipinski definition) is 6. The second-order valence-electron chi connectivity index (χ2n) is 5.93. The van der Waals surface area contributed by atoms with Crippen LogP contribution in [-0.4, -0.2) is 39.1 Å². The molecule has 3 aromatic heterocycles. The Morgan fingerprint density at radius 1 is 1.32 bits per heavy atom. The lowest BCUT2D eigenvalue weighted by molar-refractivity contribution is 0.0696. The summed E-state index contributed by atoms with van der Waals surface area (Å²) in [4.78, 5) is 29.6. The third-order valence-electron chi connectivity index (χ3n) is 4.28. The average Bonchev–Trinajstić information content (AvgIpc) is 3.33. The highest BCUT2D eigenvalue weighted by atomic mass is 32.1. The van der Waals surface area contributed by atoms with Crippen LogP contribution in [0.4, 0.5) is 0 Å². The maximum Gasteiger partial charge on any atom is 0.260 e. The predicted octanol–water partition coefficient (Wildman–Crippen LogP) is 2.51. The number of carbonyl (C=O) groups is 1. The zero-order chi connectivity index (χ0) is 17.2. The number of aromatic amines is 1. The topological polar surface area (TPSA) is 92.1 Å². The first-order valence-electron chi connectivity index (χ1n) is 8.06. The maximum atomic E-state index is 12.6. The van der Waals surface area contributed by atoms with E-state index in [0.29, 0.717) is 24.9 Å². The molecule has 0 spiro atoms. The van der Waals surface area contributed by atoms with Gasteiger partial charge in [-0.2, -0.15) is 0 Å². The Morgan fingerprint density at radius 3 is 3.04 bits per heavy atom. The van der Waals surface area contributed by atoms with Crippen LogP contribution in [0.15, 0.2) is 45.1 Å². The van der Waals surface area contributed by atoms with Crippen LogP contribution in [0, 0.1) is 0 Å². The quantitative estimate of drug-likeness (QED) is 0.778. The summed E-state index contributed by atoms with van der Waals surface area (Å²) >= 11 is 1.54. The van der Waals surface area contributed by atoms with E-state index >= 15 is 0 Å². The number of nitrogens with zero attached hydrogens (tertiary/aromatic N) is 3. The number of pyridine rings is 1. The summed E-state index contributed by atoms with van der Waals surface area (Å²) in [5.41, 5.74) is -0.208. The minimum atomic E-state index is -0.368. The van der Waals surface area contributed by atoms with Crippen molar-refractivity contribution in [2.24, 2.45) is 0 Å². The molecule has 1 N–H and O–H groups in total. The number of amides is 1. The number of rotatable bonds is 3. The Labute approximate surface area is 147 Å². The molecule has 1 aliphatic rings. The first kappa shape index (κ1) is 15.8. The average molecular weight is 356 g/mol. The molecule has 1 fully saturated rings. The van der Waals surface area contributed by atoms with Gasteiger partial charge in [-0.3, -0.25) is 9.59 Å². The molecule has 4 rings (SSSR count). The van der Waals surface area contributed by atoms with Crippen molar-refractivity contribution in [3.8, 4) is 10.8 Å². The van der Waals surface area contributed by atoms with Crippen LogP contribution in [0.25, 0.3) is 10.8 Å². The summed E-state index contributed by atoms with van der Waals surface area (Å²) < 4.78 is 5.81. The van der Waals surface area contributed by atoms with Gasteiger partial charge in [0, 0.05) is 19.3 Å². The van der Waals surface area contributed by atoms with Gasteiger partial charge < -0.3 is 14.3 Å². The predicted molar refractivity (Wildman–Crippen MR) is 92.6 cm³/mol. The maximum absolute atomic E-state index is 12.6. The molecular formula is C17H16N4O3S. The zero-order valence-corrected chi connectivity index (χ0v) is 14.2. The van der Waals surface area contributed by atoms with Gasteiger partial charge in [-0.25, -0.2) is 0 Å². The summed E-state index contributed by atoms with van der Waals surface area (Å²) in [5, 5.41) is 10.2. The van der Waals surface area contributed by atoms with Gasteiger partial charge in [-0.1, -0.05) is 6.07 Å². The van der Waals surface area contributed by atoms with Crippen molar-refractivity contribution >= 4 is 17.2 Å². The van der Waals surface area contributed by atoms with E-state index in [0.717, 1.165) is 17.7 Å². The van der Waals surface area contributed by atoms with E-state index in [-0.39, 0.29) is 22.9 Å². The van der Waals surface area contributed by atoms with Gasteiger partial charge in [-0.05, 0) is 36.4 Å². The van der Waals surface area contributed by atoms with Gasteiger partial charge >= 0.3 is 0 Å². The number of nitrogens with one attached hydrogen (secondary N) is 1. The molecule has 1 unspecified atom stereocenters. The van der Waals surface area contributed by atoms with Gasteiger partial charge in [0.05, 0.1) is 10.8 Å². The number of hydrogen-bond donors (Lipinski definition) is 1. The fourth-order valence-corrected chi connectivity index (χ4v) is 3.67. The highest BCUT2D eigenvalue weighted by Crippen LogP contribution is 2.30. The largest absolute Gasteiger partial charge is 0.420 e. The molecule has 8 heteroatoms. The zero-order valence-electron chi connectivity index (χ0n) is 13.3. The number of carbonyl (C=O) groups excluding carboxylic acids is 1. The Bertz CT molecular complexity index is 931. The molecule has 128 valence electrons. The lowest BCUT2D eigenvalue weighted by Gasteiger charge is -2.30. The van der Waals surface area contributed by atoms with E-state index in [4.69, 9.17) is 4.42 Å². The smallest absolute Gasteiger partial charge is 0.260 e. The summed E-state index contributed by atoms with van der Waals surface area (Å²) in [6.45, 7) is 1.09. The standard InChI is InChI=1S/C17H16N4O3S/c22-14-12(5-1-7-18-14)17(23)21-8-2-4-11(10-21)15-19-20-16(24-15)13-6-3-9-25-13/h1,3,5-7,9,11H,2,4,8,10H2,(H,18,22). The Balaban J connectivity index is 1.52. The molecule has 7 nitrogen and oxygen atoms in total. The van der Waals surface area contributed by atoms with Crippen LogP contribution in [0.3, 0.4) is 0 Å². The van der Waals surface area contributed by atoms with Gasteiger partial charge in [-0.15, -0.1) is 21.5 Å². The molecule has 1 saturated heterocycles. The van der Waals surface area contributed by atoms with Crippen molar-refractivity contribution in [3.05, 3.63) is 57.7 Å². The van der Waals surface area contributed by atoms with Crippen molar-refractivity contribution in [1.82, 2.24) is 20.1 Å². The third kappa shape index (κ3) is 3.12. The molecule has 1 aliphatic heterocycles. The molecule has 1 amide bonds. The van der Waals surface area contributed by atoms with Crippen LogP contribution < -0.4 is 5.56 Å². The van der Waals surface area contributed by atoms with Gasteiger partial charge in [0.1, 0.15) is 5.56 Å². The molecule has 1 atom stereocenters. The summed E-state index contributed by atoms with van der Waals surface area (Å²) in [6, 6.07) is 7.07. The monoisotopic (exact) mass is 356 g/mol. The molecule has 0 saturated carbocycles. The van der Waals surface area contributed by atoms with Crippen LogP contribution in [-0.2, 0) is 0 Å². The minimum absolute atomic E-state index is 0.0123. The summed E-state index contributed by atoms with van der Waals surface area (Å²) in [7, 11) is 0. The van der Waals surface area contributed by atoms with Crippen molar-refractivity contribution in [3.63, 3.8) is 0 Å². The van der Waals surface area contributed by atoms with Crippen molar-refractivity contribution in [2.75, 3.05) is 13.1 Å². The minimum Gasteiger partial charge on any atom is -0.420 e. The fourth-order valence-electron chi connectivity index (χ4n) is 3.02. The molecule has 0 aliphatic carbocycles. The van der Waals surface area contributed by atoms with E-state index in [1.807, 2.05) is 17.5 Å². The second-order valence-corrected chi connectivity index (χ2v) is 6.87. The third-order valence-corrected chi connectivity index (χ3v) is 5.14. The molecule has 0 radical (unpaired) electrons. The summed E-state index contributed by atoms with van der Waals surface area (Å²) in [6.07, 6.45) is 3.22. The number of piperidine rings is 1. The molecule has 0 aromatic carbocycles. The highest BCUT2D eigenvalue weighted by molar-refractivity contribution is 7.13. The van der Waals surface area contributed by atoms with E-state index in [9.17, 15) is 9.59 Å². The van der Waals surface area contributed by atoms with E-state index < -0.39 is 0 Å². The lowest BCUT2D eigenvalue weighted by atomic mass is 9.97. The Hall–Kier alpha value is -2.74. The van der Waals surface area contributed by atoms with Crippen LogP contribution in [0.1, 0.15) is 35.0 Å². The normalized spacial score (nSPS) is 17.6. The van der Waals surface area contributed by atoms with Crippen molar-refractivity contribution in [2.45, 2.75) is 18.8 Å². The van der Waals surface area contributed by atoms with Gasteiger partial charge in [0.2, 0.25) is 5.89 Å². The Morgan fingerprint density at radius 2 is 2.24 bits per heavy atom. The molecular weight excluding hydrogens is 340 g/mol. The van der Waals surface area contributed by atoms with Crippen LogP contribution >= 0.6 is 11.3 Å². The summed E-state index contributed by atoms with van der Waals surface area (Å²) in [5.74, 6) is 0.780. The molecule has 4 heterocycles. The number of H-pyrrole nitrogens is 1. The first-order chi connectivity index (χ1) is 12.2. The van der Waals surface area contributed by atoms with Gasteiger partial charge in [0.25, 0.3) is 17.4 Å². The molecule has 3 aromatic rings. The first-order valence-corrected chi connectivity index (χ1v) is 8.94. The number of likely N-dealkylation sites (tertiary alicyclic amines) is 1.